The van der Waals surface area contributed by atoms with Crippen LogP contribution < -0.4 is 15.2 Å². The normalized spacial score (nSPS) is 10.5. The molecule has 0 bridgehead atoms. The lowest BCUT2D eigenvalue weighted by atomic mass is 10.1. The van der Waals surface area contributed by atoms with E-state index in [-0.39, 0.29) is 0 Å². The highest BCUT2D eigenvalue weighted by atomic mass is 16.5. The van der Waals surface area contributed by atoms with E-state index in [2.05, 4.69) is 16.9 Å². The molecule has 0 saturated heterocycles. The van der Waals surface area contributed by atoms with Crippen molar-refractivity contribution < 1.29 is 9.47 Å². The fraction of sp³-hybridized carbons (Fsp3) is 0.333. The first-order chi connectivity index (χ1) is 10.1. The quantitative estimate of drug-likeness (QED) is 0.823. The summed E-state index contributed by atoms with van der Waals surface area (Å²) in [7, 11) is 3.21. The molecule has 21 heavy (non-hydrogen) atoms. The predicted octanol–water partition coefficient (Wildman–Crippen LogP) is 2.00. The van der Waals surface area contributed by atoms with Crippen molar-refractivity contribution in [3.05, 3.63) is 36.0 Å². The molecule has 2 rings (SSSR count). The van der Waals surface area contributed by atoms with Gasteiger partial charge in [-0.2, -0.15) is 0 Å². The van der Waals surface area contributed by atoms with E-state index in [9.17, 15) is 0 Å². The summed E-state index contributed by atoms with van der Waals surface area (Å²) >= 11 is 0. The fourth-order valence-corrected chi connectivity index (χ4v) is 2.15. The summed E-state index contributed by atoms with van der Waals surface area (Å²) in [6, 6.07) is 5.69. The van der Waals surface area contributed by atoms with Gasteiger partial charge >= 0.3 is 0 Å². The maximum absolute atomic E-state index is 5.76. The van der Waals surface area contributed by atoms with Crippen molar-refractivity contribution in [2.45, 2.75) is 20.0 Å². The Morgan fingerprint density at radius 3 is 2.57 bits per heavy atom. The topological polar surface area (TPSA) is 75.2 Å². The molecular weight excluding hydrogens is 268 g/mol. The highest BCUT2D eigenvalue weighted by molar-refractivity contribution is 5.66. The number of aromatic nitrogens is 3. The highest BCUT2D eigenvalue weighted by Gasteiger charge is 2.16. The Hall–Kier alpha value is -2.34. The fourth-order valence-electron chi connectivity index (χ4n) is 2.15. The molecule has 6 nitrogen and oxygen atoms in total. The van der Waals surface area contributed by atoms with Crippen LogP contribution in [-0.2, 0) is 13.1 Å². The summed E-state index contributed by atoms with van der Waals surface area (Å²) in [4.78, 5) is 0. The molecule has 0 unspecified atom stereocenters. The SMILES string of the molecule is C=C(C)Cn1nnc(CN)c1-c1ccc(OC)c(OC)c1. The van der Waals surface area contributed by atoms with Gasteiger partial charge in [-0.1, -0.05) is 17.4 Å². The van der Waals surface area contributed by atoms with E-state index >= 15 is 0 Å². The van der Waals surface area contributed by atoms with Crippen LogP contribution in [0.25, 0.3) is 11.3 Å². The molecular formula is C15H20N4O2. The van der Waals surface area contributed by atoms with E-state index in [4.69, 9.17) is 15.2 Å². The van der Waals surface area contributed by atoms with Crippen LogP contribution in [0.5, 0.6) is 11.5 Å². The zero-order chi connectivity index (χ0) is 15.4. The molecule has 0 radical (unpaired) electrons. The van der Waals surface area contributed by atoms with E-state index in [1.165, 1.54) is 0 Å². The number of hydrogen-bond donors (Lipinski definition) is 1. The predicted molar refractivity (Wildman–Crippen MR) is 81.3 cm³/mol. The minimum Gasteiger partial charge on any atom is -0.493 e. The number of nitrogens with zero attached hydrogens (tertiary/aromatic N) is 3. The number of methoxy groups -OCH3 is 2. The second kappa shape index (κ2) is 6.41. The van der Waals surface area contributed by atoms with Crippen molar-refractivity contribution in [2.24, 2.45) is 5.73 Å². The van der Waals surface area contributed by atoms with E-state index in [1.54, 1.807) is 18.9 Å². The molecule has 2 aromatic rings. The van der Waals surface area contributed by atoms with Crippen molar-refractivity contribution in [3.8, 4) is 22.8 Å². The molecule has 0 aliphatic rings. The van der Waals surface area contributed by atoms with Crippen molar-refractivity contribution >= 4 is 0 Å². The first-order valence-corrected chi connectivity index (χ1v) is 6.60. The first-order valence-electron chi connectivity index (χ1n) is 6.60. The lowest BCUT2D eigenvalue weighted by Crippen LogP contribution is -2.05. The lowest BCUT2D eigenvalue weighted by Gasteiger charge is -2.11. The smallest absolute Gasteiger partial charge is 0.161 e. The largest absolute Gasteiger partial charge is 0.493 e. The van der Waals surface area contributed by atoms with Gasteiger partial charge in [0.15, 0.2) is 11.5 Å². The van der Waals surface area contributed by atoms with Gasteiger partial charge in [0.25, 0.3) is 0 Å². The molecule has 1 aromatic heterocycles. The van der Waals surface area contributed by atoms with Crippen molar-refractivity contribution in [3.63, 3.8) is 0 Å². The summed E-state index contributed by atoms with van der Waals surface area (Å²) < 4.78 is 12.4. The highest BCUT2D eigenvalue weighted by Crippen LogP contribution is 2.33. The van der Waals surface area contributed by atoms with Gasteiger partial charge in [-0.25, -0.2) is 4.68 Å². The van der Waals surface area contributed by atoms with Crippen LogP contribution in [0.3, 0.4) is 0 Å². The Bertz CT molecular complexity index is 649. The number of benzene rings is 1. The first kappa shape index (κ1) is 15.1. The Kier molecular flexibility index (Phi) is 4.59. The molecule has 1 aromatic carbocycles. The molecule has 0 fully saturated rings. The average molecular weight is 288 g/mol. The third-order valence-electron chi connectivity index (χ3n) is 3.07. The summed E-state index contributed by atoms with van der Waals surface area (Å²) in [5.74, 6) is 1.33. The van der Waals surface area contributed by atoms with E-state index in [0.29, 0.717) is 24.6 Å². The third-order valence-corrected chi connectivity index (χ3v) is 3.07. The van der Waals surface area contributed by atoms with Crippen molar-refractivity contribution in [1.29, 1.82) is 0 Å². The molecule has 0 atom stereocenters. The molecule has 0 spiro atoms. The molecule has 2 N–H and O–H groups in total. The van der Waals surface area contributed by atoms with Gasteiger partial charge in [0.05, 0.1) is 26.5 Å². The summed E-state index contributed by atoms with van der Waals surface area (Å²) in [6.45, 7) is 6.78. The minimum absolute atomic E-state index is 0.319. The Morgan fingerprint density at radius 2 is 2.00 bits per heavy atom. The van der Waals surface area contributed by atoms with Gasteiger partial charge < -0.3 is 15.2 Å². The maximum atomic E-state index is 5.76. The third kappa shape index (κ3) is 3.05. The van der Waals surface area contributed by atoms with E-state index in [1.807, 2.05) is 25.1 Å². The van der Waals surface area contributed by atoms with Crippen LogP contribution in [0.4, 0.5) is 0 Å². The number of nitrogens with two attached hydrogens (primary N) is 1. The zero-order valence-electron chi connectivity index (χ0n) is 12.6. The molecule has 0 aliphatic carbocycles. The number of hydrogen-bond acceptors (Lipinski definition) is 5. The van der Waals surface area contributed by atoms with Crippen LogP contribution in [-0.4, -0.2) is 29.2 Å². The second-order valence-electron chi connectivity index (χ2n) is 4.77. The van der Waals surface area contributed by atoms with Crippen LogP contribution in [0, 0.1) is 0 Å². The molecule has 0 saturated carbocycles. The Balaban J connectivity index is 2.54. The van der Waals surface area contributed by atoms with Crippen LogP contribution in [0.15, 0.2) is 30.4 Å². The van der Waals surface area contributed by atoms with Gasteiger partial charge in [-0.3, -0.25) is 0 Å². The molecule has 0 amide bonds. The van der Waals surface area contributed by atoms with Gasteiger partial charge in [-0.05, 0) is 25.1 Å². The summed E-state index contributed by atoms with van der Waals surface area (Å²) in [6.07, 6.45) is 0. The van der Waals surface area contributed by atoms with Gasteiger partial charge in [0.2, 0.25) is 0 Å². The maximum Gasteiger partial charge on any atom is 0.161 e. The standard InChI is InChI=1S/C15H20N4O2/c1-10(2)9-19-15(12(8-16)17-18-19)11-5-6-13(20-3)14(7-11)21-4/h5-7H,1,8-9,16H2,2-4H3. The van der Waals surface area contributed by atoms with Crippen molar-refractivity contribution in [2.75, 3.05) is 14.2 Å². The minimum atomic E-state index is 0.319. The molecule has 112 valence electrons. The van der Waals surface area contributed by atoms with Crippen molar-refractivity contribution in [1.82, 2.24) is 15.0 Å². The van der Waals surface area contributed by atoms with Gasteiger partial charge in [-0.15, -0.1) is 5.10 Å². The monoisotopic (exact) mass is 288 g/mol. The second-order valence-corrected chi connectivity index (χ2v) is 4.77. The van der Waals surface area contributed by atoms with Gasteiger partial charge in [0.1, 0.15) is 5.69 Å². The molecule has 0 aliphatic heterocycles. The van der Waals surface area contributed by atoms with E-state index in [0.717, 1.165) is 22.5 Å². The lowest BCUT2D eigenvalue weighted by molar-refractivity contribution is 0.355. The van der Waals surface area contributed by atoms with E-state index < -0.39 is 0 Å². The van der Waals surface area contributed by atoms with Gasteiger partial charge in [0, 0.05) is 12.1 Å². The van der Waals surface area contributed by atoms with Crippen LogP contribution in [0.2, 0.25) is 0 Å². The summed E-state index contributed by atoms with van der Waals surface area (Å²) in [5.41, 5.74) is 9.30. The summed E-state index contributed by atoms with van der Waals surface area (Å²) in [5, 5.41) is 8.29. The van der Waals surface area contributed by atoms with Crippen LogP contribution in [0.1, 0.15) is 12.6 Å². The number of ether oxygens (including phenoxy) is 2. The number of allylic oxidation sites excluding steroid dienone is 1. The zero-order valence-corrected chi connectivity index (χ0v) is 12.6. The molecule has 1 heterocycles. The average Bonchev–Trinajstić information content (AvgIpc) is 2.88. The Morgan fingerprint density at radius 1 is 1.29 bits per heavy atom. The molecule has 6 heteroatoms. The Labute approximate surface area is 124 Å². The van der Waals surface area contributed by atoms with Crippen LogP contribution >= 0.6 is 0 Å². The number of rotatable bonds is 6.